The highest BCUT2D eigenvalue weighted by molar-refractivity contribution is 6.35. The molecule has 0 spiro atoms. The van der Waals surface area contributed by atoms with Crippen molar-refractivity contribution in [1.82, 2.24) is 10.6 Å². The Morgan fingerprint density at radius 2 is 1.29 bits per heavy atom. The van der Waals surface area contributed by atoms with Gasteiger partial charge in [-0.3, -0.25) is 9.59 Å². The average Bonchev–Trinajstić information content (AvgIpc) is 2.71. The van der Waals surface area contributed by atoms with Gasteiger partial charge in [-0.15, -0.1) is 0 Å². The molecule has 2 amide bonds. The first kappa shape index (κ1) is 24.0. The van der Waals surface area contributed by atoms with Crippen LogP contribution in [0.4, 0.5) is 0 Å². The maximum Gasteiger partial charge on any atom is 0.309 e. The van der Waals surface area contributed by atoms with E-state index in [9.17, 15) is 9.59 Å². The zero-order valence-corrected chi connectivity index (χ0v) is 17.7. The summed E-state index contributed by atoms with van der Waals surface area (Å²) in [6, 6.07) is 7.48. The molecule has 0 heterocycles. The summed E-state index contributed by atoms with van der Waals surface area (Å²) < 4.78 is 5.38. The fraction of sp³-hybridized carbons (Fsp3) is 0.652. The summed E-state index contributed by atoms with van der Waals surface area (Å²) in [4.78, 5) is 23.7. The number of carbonyl (C=O) groups excluding carboxylic acids is 2. The van der Waals surface area contributed by atoms with Gasteiger partial charge < -0.3 is 15.4 Å². The molecule has 2 N–H and O–H groups in total. The Labute approximate surface area is 170 Å². The Morgan fingerprint density at radius 3 is 1.86 bits per heavy atom. The van der Waals surface area contributed by atoms with Gasteiger partial charge in [-0.2, -0.15) is 0 Å². The van der Waals surface area contributed by atoms with Crippen molar-refractivity contribution in [3.8, 4) is 5.75 Å². The van der Waals surface area contributed by atoms with Crippen molar-refractivity contribution < 1.29 is 14.3 Å². The van der Waals surface area contributed by atoms with E-state index in [0.717, 1.165) is 24.2 Å². The van der Waals surface area contributed by atoms with Crippen molar-refractivity contribution in [3.05, 3.63) is 29.8 Å². The number of nitrogens with one attached hydrogen (secondary N) is 2. The van der Waals surface area contributed by atoms with Crippen LogP contribution in [0.3, 0.4) is 0 Å². The minimum Gasteiger partial charge on any atom is -0.494 e. The number of hydrogen-bond acceptors (Lipinski definition) is 3. The van der Waals surface area contributed by atoms with Crippen LogP contribution in [-0.2, 0) is 16.1 Å². The average molecular weight is 391 g/mol. The largest absolute Gasteiger partial charge is 0.494 e. The first-order valence-electron chi connectivity index (χ1n) is 10.9. The summed E-state index contributed by atoms with van der Waals surface area (Å²) in [7, 11) is 0. The molecule has 1 aromatic rings. The molecule has 0 unspecified atom stereocenters. The van der Waals surface area contributed by atoms with E-state index in [2.05, 4.69) is 17.6 Å². The Hall–Kier alpha value is -2.04. The van der Waals surface area contributed by atoms with Gasteiger partial charge in [0.2, 0.25) is 0 Å². The lowest BCUT2D eigenvalue weighted by atomic mass is 10.1. The van der Waals surface area contributed by atoms with Crippen LogP contribution < -0.4 is 15.4 Å². The molecule has 0 radical (unpaired) electrons. The number of unbranched alkanes of at least 4 members (excludes halogenated alkanes) is 9. The smallest absolute Gasteiger partial charge is 0.309 e. The van der Waals surface area contributed by atoms with Gasteiger partial charge in [0.05, 0.1) is 6.61 Å². The van der Waals surface area contributed by atoms with Gasteiger partial charge in [-0.05, 0) is 31.0 Å². The van der Waals surface area contributed by atoms with Crippen LogP contribution in [0.15, 0.2) is 24.3 Å². The molecule has 0 bridgehead atoms. The Kier molecular flexibility index (Phi) is 13.7. The molecule has 0 fully saturated rings. The van der Waals surface area contributed by atoms with E-state index in [4.69, 9.17) is 4.74 Å². The van der Waals surface area contributed by atoms with Crippen LogP contribution in [0, 0.1) is 0 Å². The Balaban J connectivity index is 2.02. The third kappa shape index (κ3) is 11.6. The minimum absolute atomic E-state index is 0.330. The summed E-state index contributed by atoms with van der Waals surface area (Å²) in [5.41, 5.74) is 0.930. The standard InChI is InChI=1S/C23H38N2O3/c1-3-5-6-7-8-9-10-11-12-13-18-24-22(26)23(27)25-19-20-14-16-21(17-15-20)28-4-2/h14-17H,3-13,18-19H2,1-2H3,(H,24,26)(H,25,27). The summed E-state index contributed by atoms with van der Waals surface area (Å²) >= 11 is 0. The summed E-state index contributed by atoms with van der Waals surface area (Å²) in [5, 5.41) is 5.35. The molecule has 0 atom stereocenters. The molecule has 5 nitrogen and oxygen atoms in total. The second-order valence-electron chi connectivity index (χ2n) is 7.20. The topological polar surface area (TPSA) is 67.4 Å². The molecule has 0 aromatic heterocycles. The quantitative estimate of drug-likeness (QED) is 0.336. The van der Waals surface area contributed by atoms with Crippen LogP contribution in [0.5, 0.6) is 5.75 Å². The third-order valence-corrected chi connectivity index (χ3v) is 4.71. The molecule has 0 saturated heterocycles. The SMILES string of the molecule is CCCCCCCCCCCCNC(=O)C(=O)NCc1ccc(OCC)cc1. The normalized spacial score (nSPS) is 10.5. The fourth-order valence-electron chi connectivity index (χ4n) is 3.03. The molecule has 0 saturated carbocycles. The predicted molar refractivity (Wildman–Crippen MR) is 114 cm³/mol. The lowest BCUT2D eigenvalue weighted by molar-refractivity contribution is -0.139. The number of amides is 2. The molecule has 158 valence electrons. The monoisotopic (exact) mass is 390 g/mol. The van der Waals surface area contributed by atoms with Crippen LogP contribution in [-0.4, -0.2) is 25.0 Å². The van der Waals surface area contributed by atoms with E-state index in [1.165, 1.54) is 51.4 Å². The van der Waals surface area contributed by atoms with Crippen molar-refractivity contribution >= 4 is 11.8 Å². The maximum atomic E-state index is 11.9. The zero-order chi connectivity index (χ0) is 20.5. The molecule has 1 rings (SSSR count). The molecule has 0 aliphatic rings. The van der Waals surface area contributed by atoms with Gasteiger partial charge in [0, 0.05) is 13.1 Å². The Bertz CT molecular complexity index is 543. The van der Waals surface area contributed by atoms with Gasteiger partial charge in [0.1, 0.15) is 5.75 Å². The van der Waals surface area contributed by atoms with Crippen molar-refractivity contribution in [1.29, 1.82) is 0 Å². The van der Waals surface area contributed by atoms with E-state index in [1.54, 1.807) is 0 Å². The molecule has 28 heavy (non-hydrogen) atoms. The van der Waals surface area contributed by atoms with E-state index in [0.29, 0.717) is 19.7 Å². The Morgan fingerprint density at radius 1 is 0.750 bits per heavy atom. The third-order valence-electron chi connectivity index (χ3n) is 4.71. The lowest BCUT2D eigenvalue weighted by Crippen LogP contribution is -2.39. The van der Waals surface area contributed by atoms with Gasteiger partial charge in [-0.1, -0.05) is 76.8 Å². The van der Waals surface area contributed by atoms with Gasteiger partial charge in [0.25, 0.3) is 0 Å². The molecule has 0 aliphatic heterocycles. The first-order chi connectivity index (χ1) is 13.7. The van der Waals surface area contributed by atoms with Crippen LogP contribution in [0.1, 0.15) is 83.6 Å². The number of benzene rings is 1. The molecular formula is C23H38N2O3. The van der Waals surface area contributed by atoms with E-state index >= 15 is 0 Å². The molecular weight excluding hydrogens is 352 g/mol. The van der Waals surface area contributed by atoms with Crippen molar-refractivity contribution in [2.24, 2.45) is 0 Å². The highest BCUT2D eigenvalue weighted by Crippen LogP contribution is 2.12. The van der Waals surface area contributed by atoms with Gasteiger partial charge in [0.15, 0.2) is 0 Å². The predicted octanol–water partition coefficient (Wildman–Crippen LogP) is 4.74. The van der Waals surface area contributed by atoms with Crippen LogP contribution >= 0.6 is 0 Å². The summed E-state index contributed by atoms with van der Waals surface area (Å²) in [5.74, 6) is -0.338. The second kappa shape index (κ2) is 16.0. The van der Waals surface area contributed by atoms with Gasteiger partial charge >= 0.3 is 11.8 Å². The first-order valence-corrected chi connectivity index (χ1v) is 10.9. The van der Waals surface area contributed by atoms with E-state index < -0.39 is 11.8 Å². The van der Waals surface area contributed by atoms with Crippen LogP contribution in [0.2, 0.25) is 0 Å². The highest BCUT2D eigenvalue weighted by Gasteiger charge is 2.12. The minimum atomic E-state index is -0.582. The van der Waals surface area contributed by atoms with Crippen molar-refractivity contribution in [3.63, 3.8) is 0 Å². The number of hydrogen-bond donors (Lipinski definition) is 2. The van der Waals surface area contributed by atoms with E-state index in [-0.39, 0.29) is 0 Å². The molecule has 0 aliphatic carbocycles. The van der Waals surface area contributed by atoms with Gasteiger partial charge in [-0.25, -0.2) is 0 Å². The second-order valence-corrected chi connectivity index (χ2v) is 7.20. The van der Waals surface area contributed by atoms with Crippen molar-refractivity contribution in [2.45, 2.75) is 84.6 Å². The van der Waals surface area contributed by atoms with E-state index in [1.807, 2.05) is 31.2 Å². The summed E-state index contributed by atoms with van der Waals surface area (Å²) in [6.07, 6.45) is 12.5. The highest BCUT2D eigenvalue weighted by atomic mass is 16.5. The maximum absolute atomic E-state index is 11.9. The number of carbonyl (C=O) groups is 2. The fourth-order valence-corrected chi connectivity index (χ4v) is 3.03. The molecule has 5 heteroatoms. The lowest BCUT2D eigenvalue weighted by Gasteiger charge is -2.08. The number of ether oxygens (including phenoxy) is 1. The number of rotatable bonds is 15. The molecule has 1 aromatic carbocycles. The van der Waals surface area contributed by atoms with Crippen molar-refractivity contribution in [2.75, 3.05) is 13.2 Å². The van der Waals surface area contributed by atoms with Crippen LogP contribution in [0.25, 0.3) is 0 Å². The zero-order valence-electron chi connectivity index (χ0n) is 17.7. The summed E-state index contributed by atoms with van der Waals surface area (Å²) in [6.45, 7) is 5.69.